The van der Waals surface area contributed by atoms with E-state index < -0.39 is 11.7 Å². The van der Waals surface area contributed by atoms with Crippen LogP contribution in [0.5, 0.6) is 0 Å². The summed E-state index contributed by atoms with van der Waals surface area (Å²) in [5.41, 5.74) is 1.85. The van der Waals surface area contributed by atoms with Crippen molar-refractivity contribution in [2.75, 3.05) is 13.1 Å². The number of benzene rings is 1. The molecular weight excluding hydrogens is 292 g/mol. The number of piperidine rings is 1. The van der Waals surface area contributed by atoms with Gasteiger partial charge >= 0.3 is 6.09 Å². The van der Waals surface area contributed by atoms with E-state index in [1.54, 1.807) is 0 Å². The van der Waals surface area contributed by atoms with E-state index in [-0.39, 0.29) is 0 Å². The highest BCUT2D eigenvalue weighted by Gasteiger charge is 2.20. The number of carbonyl (C=O) groups is 2. The van der Waals surface area contributed by atoms with Crippen LogP contribution >= 0.6 is 0 Å². The standard InChI is InChI=1S/C18H26N2O3/c1-18(2,3)23-17(22)19-12-14-5-4-6-16(11-14)15-7-9-20(13-21)10-8-15/h4-6,11,13,15H,7-10,12H2,1-3H3,(H,19,22). The molecule has 0 aliphatic carbocycles. The highest BCUT2D eigenvalue weighted by Crippen LogP contribution is 2.28. The van der Waals surface area contributed by atoms with Crippen molar-refractivity contribution in [3.8, 4) is 0 Å². The first-order valence-electron chi connectivity index (χ1n) is 8.12. The number of nitrogens with one attached hydrogen (secondary N) is 1. The van der Waals surface area contributed by atoms with Crippen LogP contribution in [0.3, 0.4) is 0 Å². The van der Waals surface area contributed by atoms with Gasteiger partial charge in [0.1, 0.15) is 5.60 Å². The Bertz CT molecular complexity index is 543. The second-order valence-electron chi connectivity index (χ2n) is 7.02. The van der Waals surface area contributed by atoms with Crippen molar-refractivity contribution < 1.29 is 14.3 Å². The van der Waals surface area contributed by atoms with E-state index in [9.17, 15) is 9.59 Å². The predicted molar refractivity (Wildman–Crippen MR) is 89.1 cm³/mol. The Labute approximate surface area is 138 Å². The second-order valence-corrected chi connectivity index (χ2v) is 7.02. The van der Waals surface area contributed by atoms with Crippen LogP contribution in [0.4, 0.5) is 4.79 Å². The van der Waals surface area contributed by atoms with Crippen molar-refractivity contribution in [2.45, 2.75) is 51.7 Å². The fraction of sp³-hybridized carbons (Fsp3) is 0.556. The molecule has 1 fully saturated rings. The quantitative estimate of drug-likeness (QED) is 0.868. The average molecular weight is 318 g/mol. The van der Waals surface area contributed by atoms with Crippen LogP contribution < -0.4 is 5.32 Å². The molecule has 23 heavy (non-hydrogen) atoms. The average Bonchev–Trinajstić information content (AvgIpc) is 2.52. The molecule has 1 saturated heterocycles. The minimum absolute atomic E-state index is 0.401. The molecule has 1 aliphatic rings. The Balaban J connectivity index is 1.90. The number of alkyl carbamates (subject to hydrolysis) is 1. The van der Waals surface area contributed by atoms with Gasteiger partial charge < -0.3 is 15.0 Å². The molecule has 0 unspecified atom stereocenters. The summed E-state index contributed by atoms with van der Waals surface area (Å²) in [6, 6.07) is 8.28. The first-order chi connectivity index (χ1) is 10.9. The molecule has 1 aromatic rings. The lowest BCUT2D eigenvalue weighted by molar-refractivity contribution is -0.119. The van der Waals surface area contributed by atoms with Crippen LogP contribution in [0.25, 0.3) is 0 Å². The lowest BCUT2D eigenvalue weighted by atomic mass is 9.89. The maximum atomic E-state index is 11.7. The fourth-order valence-electron chi connectivity index (χ4n) is 2.78. The lowest BCUT2D eigenvalue weighted by Crippen LogP contribution is -2.32. The summed E-state index contributed by atoms with van der Waals surface area (Å²) < 4.78 is 5.24. The molecule has 0 spiro atoms. The van der Waals surface area contributed by atoms with Gasteiger partial charge in [0, 0.05) is 19.6 Å². The van der Waals surface area contributed by atoms with E-state index in [1.165, 1.54) is 5.56 Å². The van der Waals surface area contributed by atoms with Crippen LogP contribution in [0, 0.1) is 0 Å². The van der Waals surface area contributed by atoms with E-state index in [4.69, 9.17) is 4.74 Å². The second kappa shape index (κ2) is 7.49. The van der Waals surface area contributed by atoms with Crippen LogP contribution in [-0.2, 0) is 16.1 Å². The molecule has 5 heteroatoms. The van der Waals surface area contributed by atoms with Crippen LogP contribution in [0.2, 0.25) is 0 Å². The smallest absolute Gasteiger partial charge is 0.407 e. The molecule has 0 bridgehead atoms. The third-order valence-electron chi connectivity index (χ3n) is 3.94. The molecule has 0 atom stereocenters. The van der Waals surface area contributed by atoms with Gasteiger partial charge in [-0.1, -0.05) is 24.3 Å². The Morgan fingerprint density at radius 2 is 2.04 bits per heavy atom. The zero-order chi connectivity index (χ0) is 16.9. The predicted octanol–water partition coefficient (Wildman–Crippen LogP) is 3.05. The number of likely N-dealkylation sites (tertiary alicyclic amines) is 1. The number of nitrogens with zero attached hydrogens (tertiary/aromatic N) is 1. The molecule has 1 heterocycles. The van der Waals surface area contributed by atoms with Gasteiger partial charge in [0.15, 0.2) is 0 Å². The topological polar surface area (TPSA) is 58.6 Å². The summed E-state index contributed by atoms with van der Waals surface area (Å²) in [7, 11) is 0. The van der Waals surface area contributed by atoms with Gasteiger partial charge in [0.05, 0.1) is 0 Å². The Morgan fingerprint density at radius 1 is 1.35 bits per heavy atom. The fourth-order valence-corrected chi connectivity index (χ4v) is 2.78. The third-order valence-corrected chi connectivity index (χ3v) is 3.94. The SMILES string of the molecule is CC(C)(C)OC(=O)NCc1cccc(C2CCN(C=O)CC2)c1. The summed E-state index contributed by atoms with van der Waals surface area (Å²) in [5, 5.41) is 2.79. The zero-order valence-electron chi connectivity index (χ0n) is 14.2. The molecule has 5 nitrogen and oxygen atoms in total. The first-order valence-corrected chi connectivity index (χ1v) is 8.12. The molecular formula is C18H26N2O3. The summed E-state index contributed by atoms with van der Waals surface area (Å²) in [6.07, 6.45) is 2.50. The van der Waals surface area contributed by atoms with Gasteiger partial charge in [0.2, 0.25) is 6.41 Å². The molecule has 1 N–H and O–H groups in total. The van der Waals surface area contributed by atoms with Crippen LogP contribution in [-0.4, -0.2) is 36.1 Å². The highest BCUT2D eigenvalue weighted by molar-refractivity contribution is 5.67. The molecule has 2 amide bonds. The molecule has 2 rings (SSSR count). The van der Waals surface area contributed by atoms with Gasteiger partial charge in [-0.25, -0.2) is 4.79 Å². The molecule has 0 aromatic heterocycles. The Hall–Kier alpha value is -2.04. The molecule has 1 aromatic carbocycles. The number of rotatable bonds is 4. The van der Waals surface area contributed by atoms with Crippen molar-refractivity contribution in [1.29, 1.82) is 0 Å². The summed E-state index contributed by atoms with van der Waals surface area (Å²) in [6.45, 7) is 7.62. The van der Waals surface area contributed by atoms with Gasteiger partial charge in [-0.3, -0.25) is 4.79 Å². The van der Waals surface area contributed by atoms with Crippen molar-refractivity contribution in [3.05, 3.63) is 35.4 Å². The van der Waals surface area contributed by atoms with E-state index in [0.29, 0.717) is 12.5 Å². The van der Waals surface area contributed by atoms with E-state index in [2.05, 4.69) is 17.4 Å². The van der Waals surface area contributed by atoms with E-state index >= 15 is 0 Å². The van der Waals surface area contributed by atoms with Crippen molar-refractivity contribution >= 4 is 12.5 Å². The van der Waals surface area contributed by atoms with Crippen molar-refractivity contribution in [1.82, 2.24) is 10.2 Å². The number of amides is 2. The van der Waals surface area contributed by atoms with Gasteiger partial charge in [-0.05, 0) is 50.7 Å². The van der Waals surface area contributed by atoms with Crippen molar-refractivity contribution in [2.24, 2.45) is 0 Å². The first kappa shape index (κ1) is 17.3. The Kier molecular flexibility index (Phi) is 5.64. The number of hydrogen-bond acceptors (Lipinski definition) is 3. The minimum atomic E-state index is -0.488. The normalized spacial score (nSPS) is 16.0. The minimum Gasteiger partial charge on any atom is -0.444 e. The number of hydrogen-bond donors (Lipinski definition) is 1. The van der Waals surface area contributed by atoms with Crippen LogP contribution in [0.15, 0.2) is 24.3 Å². The monoisotopic (exact) mass is 318 g/mol. The molecule has 0 radical (unpaired) electrons. The molecule has 126 valence electrons. The lowest BCUT2D eigenvalue weighted by Gasteiger charge is -2.29. The highest BCUT2D eigenvalue weighted by atomic mass is 16.6. The van der Waals surface area contributed by atoms with Crippen molar-refractivity contribution in [3.63, 3.8) is 0 Å². The Morgan fingerprint density at radius 3 is 2.65 bits per heavy atom. The maximum absolute atomic E-state index is 11.7. The number of ether oxygens (including phenoxy) is 1. The zero-order valence-corrected chi connectivity index (χ0v) is 14.2. The summed E-state index contributed by atoms with van der Waals surface area (Å²) >= 11 is 0. The van der Waals surface area contributed by atoms with Crippen LogP contribution in [0.1, 0.15) is 50.7 Å². The van der Waals surface area contributed by atoms with Gasteiger partial charge in [0.25, 0.3) is 0 Å². The van der Waals surface area contributed by atoms with E-state index in [0.717, 1.165) is 37.9 Å². The van der Waals surface area contributed by atoms with E-state index in [1.807, 2.05) is 37.8 Å². The summed E-state index contributed by atoms with van der Waals surface area (Å²) in [5.74, 6) is 0.479. The third kappa shape index (κ3) is 5.58. The largest absolute Gasteiger partial charge is 0.444 e. The van der Waals surface area contributed by atoms with Gasteiger partial charge in [-0.2, -0.15) is 0 Å². The number of carbonyl (C=O) groups excluding carboxylic acids is 2. The van der Waals surface area contributed by atoms with Gasteiger partial charge in [-0.15, -0.1) is 0 Å². The molecule has 1 aliphatic heterocycles. The maximum Gasteiger partial charge on any atom is 0.407 e. The molecule has 0 saturated carbocycles. The summed E-state index contributed by atoms with van der Waals surface area (Å²) in [4.78, 5) is 24.3.